The summed E-state index contributed by atoms with van der Waals surface area (Å²) in [4.78, 5) is 0. The summed E-state index contributed by atoms with van der Waals surface area (Å²) in [6.45, 7) is 0. The summed E-state index contributed by atoms with van der Waals surface area (Å²) < 4.78 is 0. The van der Waals surface area contributed by atoms with Crippen LogP contribution in [0.2, 0.25) is 0 Å². The second-order valence-electron chi connectivity index (χ2n) is 5.22. The third kappa shape index (κ3) is 1.46. The molecule has 4 rings (SSSR count). The molecule has 3 aromatic rings. The largest absolute Gasteiger partial charge is 0.384 e. The van der Waals surface area contributed by atoms with Crippen molar-refractivity contribution in [3.63, 3.8) is 0 Å². The molecule has 3 aromatic carbocycles. The minimum atomic E-state index is -0.685. The first-order valence-electron chi connectivity index (χ1n) is 6.74. The first-order chi connectivity index (χ1) is 9.77. The first-order valence-corrected chi connectivity index (χ1v) is 6.74. The van der Waals surface area contributed by atoms with E-state index in [1.807, 2.05) is 60.7 Å². The molecule has 0 spiro atoms. The lowest BCUT2D eigenvalue weighted by Gasteiger charge is -2.30. The summed E-state index contributed by atoms with van der Waals surface area (Å²) >= 11 is 0. The van der Waals surface area contributed by atoms with Crippen LogP contribution in [0.15, 0.2) is 60.7 Å². The van der Waals surface area contributed by atoms with Crippen molar-refractivity contribution in [1.82, 2.24) is 0 Å². The molecule has 0 aliphatic heterocycles. The molecule has 0 bridgehead atoms. The van der Waals surface area contributed by atoms with Crippen molar-refractivity contribution in [2.24, 2.45) is 0 Å². The maximum Gasteiger partial charge on any atom is 0.105 e. The number of fused-ring (bicyclic) bond motifs is 4. The van der Waals surface area contributed by atoms with E-state index < -0.39 is 12.2 Å². The monoisotopic (exact) mass is 262 g/mol. The van der Waals surface area contributed by atoms with Crippen molar-refractivity contribution in [3.8, 4) is 0 Å². The molecule has 0 saturated carbocycles. The Morgan fingerprint density at radius 2 is 1.25 bits per heavy atom. The quantitative estimate of drug-likeness (QED) is 0.652. The predicted molar refractivity (Wildman–Crippen MR) is 78.5 cm³/mol. The van der Waals surface area contributed by atoms with Gasteiger partial charge in [-0.2, -0.15) is 0 Å². The van der Waals surface area contributed by atoms with Gasteiger partial charge in [0.1, 0.15) is 12.2 Å². The van der Waals surface area contributed by atoms with Crippen molar-refractivity contribution < 1.29 is 10.2 Å². The Morgan fingerprint density at radius 1 is 0.600 bits per heavy atom. The molecule has 1 aliphatic rings. The van der Waals surface area contributed by atoms with E-state index >= 15 is 0 Å². The van der Waals surface area contributed by atoms with E-state index in [4.69, 9.17) is 0 Å². The lowest BCUT2D eigenvalue weighted by atomic mass is 9.80. The molecule has 0 saturated heterocycles. The highest BCUT2D eigenvalue weighted by atomic mass is 16.3. The number of aliphatic hydroxyl groups excluding tert-OH is 2. The van der Waals surface area contributed by atoms with Gasteiger partial charge in [0.15, 0.2) is 0 Å². The topological polar surface area (TPSA) is 40.5 Å². The molecule has 0 heterocycles. The molecule has 0 fully saturated rings. The average molecular weight is 262 g/mol. The van der Waals surface area contributed by atoms with E-state index in [-0.39, 0.29) is 0 Å². The van der Waals surface area contributed by atoms with Crippen LogP contribution in [0.3, 0.4) is 0 Å². The molecule has 20 heavy (non-hydrogen) atoms. The lowest BCUT2D eigenvalue weighted by Crippen LogP contribution is -2.18. The normalized spacial score (nSPS) is 20.5. The molecule has 1 aliphatic carbocycles. The minimum Gasteiger partial charge on any atom is -0.384 e. The Morgan fingerprint density at radius 3 is 2.05 bits per heavy atom. The van der Waals surface area contributed by atoms with Crippen molar-refractivity contribution >= 4 is 10.8 Å². The van der Waals surface area contributed by atoms with Crippen molar-refractivity contribution in [1.29, 1.82) is 0 Å². The van der Waals surface area contributed by atoms with Gasteiger partial charge < -0.3 is 10.2 Å². The molecule has 0 radical (unpaired) electrons. The number of hydrogen-bond acceptors (Lipinski definition) is 2. The summed E-state index contributed by atoms with van der Waals surface area (Å²) in [5, 5.41) is 23.4. The van der Waals surface area contributed by atoms with Crippen LogP contribution < -0.4 is 0 Å². The van der Waals surface area contributed by atoms with Crippen molar-refractivity contribution in [2.45, 2.75) is 12.2 Å². The Bertz CT molecular complexity index is 807. The van der Waals surface area contributed by atoms with E-state index in [0.29, 0.717) is 0 Å². The van der Waals surface area contributed by atoms with Gasteiger partial charge in [0, 0.05) is 0 Å². The Labute approximate surface area is 116 Å². The van der Waals surface area contributed by atoms with Gasteiger partial charge in [0.05, 0.1) is 0 Å². The summed E-state index contributed by atoms with van der Waals surface area (Å²) in [5.41, 5.74) is 3.22. The fourth-order valence-corrected chi connectivity index (χ4v) is 3.19. The van der Waals surface area contributed by atoms with E-state index in [1.54, 1.807) is 0 Å². The average Bonchev–Trinajstić information content (AvgIpc) is 2.51. The second-order valence-corrected chi connectivity index (χ2v) is 5.22. The standard InChI is InChI=1S/C18H14O2/c19-17-13-7-3-4-8-14(13)18(20)16-12-6-2-1-5-11(12)9-10-15(16)17/h1-10,17-20H. The molecular formula is C18H14O2. The molecule has 2 N–H and O–H groups in total. The van der Waals surface area contributed by atoms with Crippen molar-refractivity contribution in [3.05, 3.63) is 82.9 Å². The summed E-state index contributed by atoms with van der Waals surface area (Å²) in [6.07, 6.45) is -1.36. The van der Waals surface area contributed by atoms with Crippen LogP contribution in [0.4, 0.5) is 0 Å². The zero-order chi connectivity index (χ0) is 13.7. The van der Waals surface area contributed by atoms with Gasteiger partial charge in [-0.3, -0.25) is 0 Å². The molecule has 2 heteroatoms. The van der Waals surface area contributed by atoms with Gasteiger partial charge in [0.25, 0.3) is 0 Å². The van der Waals surface area contributed by atoms with Gasteiger partial charge in [-0.1, -0.05) is 60.7 Å². The molecule has 0 amide bonds. The van der Waals surface area contributed by atoms with Gasteiger partial charge in [0.2, 0.25) is 0 Å². The smallest absolute Gasteiger partial charge is 0.105 e. The summed E-state index contributed by atoms with van der Waals surface area (Å²) in [5.74, 6) is 0. The minimum absolute atomic E-state index is 0.672. The third-order valence-corrected chi connectivity index (χ3v) is 4.16. The highest BCUT2D eigenvalue weighted by molar-refractivity contribution is 5.88. The Kier molecular flexibility index (Phi) is 2.43. The molecular weight excluding hydrogens is 248 g/mol. The van der Waals surface area contributed by atoms with Gasteiger partial charge in [-0.05, 0) is 33.0 Å². The highest BCUT2D eigenvalue weighted by Crippen LogP contribution is 2.43. The number of rotatable bonds is 0. The first kappa shape index (κ1) is 11.6. The van der Waals surface area contributed by atoms with Gasteiger partial charge in [-0.25, -0.2) is 0 Å². The fourth-order valence-electron chi connectivity index (χ4n) is 3.19. The van der Waals surface area contributed by atoms with Crippen LogP contribution in [-0.2, 0) is 0 Å². The SMILES string of the molecule is OC1c2ccccc2C(O)c2c1ccc1ccccc21. The van der Waals surface area contributed by atoms with Crippen LogP contribution in [0, 0.1) is 0 Å². The van der Waals surface area contributed by atoms with Crippen LogP contribution in [0.1, 0.15) is 34.5 Å². The molecule has 0 aromatic heterocycles. The lowest BCUT2D eigenvalue weighted by molar-refractivity contribution is 0.174. The van der Waals surface area contributed by atoms with Crippen LogP contribution in [-0.4, -0.2) is 10.2 Å². The predicted octanol–water partition coefficient (Wildman–Crippen LogP) is 3.32. The Hall–Kier alpha value is -2.16. The van der Waals surface area contributed by atoms with Gasteiger partial charge >= 0.3 is 0 Å². The third-order valence-electron chi connectivity index (χ3n) is 4.16. The van der Waals surface area contributed by atoms with E-state index in [1.165, 1.54) is 0 Å². The number of aliphatic hydroxyl groups is 2. The summed E-state index contributed by atoms with van der Waals surface area (Å²) in [7, 11) is 0. The molecule has 98 valence electrons. The fraction of sp³-hybridized carbons (Fsp3) is 0.111. The second kappa shape index (κ2) is 4.17. The Balaban J connectivity index is 2.08. The van der Waals surface area contributed by atoms with Crippen molar-refractivity contribution in [2.75, 3.05) is 0 Å². The van der Waals surface area contributed by atoms with Crippen LogP contribution >= 0.6 is 0 Å². The zero-order valence-corrected chi connectivity index (χ0v) is 10.8. The highest BCUT2D eigenvalue weighted by Gasteiger charge is 2.30. The van der Waals surface area contributed by atoms with E-state index in [2.05, 4.69) is 0 Å². The number of hydrogen-bond donors (Lipinski definition) is 2. The van der Waals surface area contributed by atoms with E-state index in [0.717, 1.165) is 33.0 Å². The maximum absolute atomic E-state index is 10.7. The molecule has 2 unspecified atom stereocenters. The maximum atomic E-state index is 10.7. The zero-order valence-electron chi connectivity index (χ0n) is 10.8. The van der Waals surface area contributed by atoms with Gasteiger partial charge in [-0.15, -0.1) is 0 Å². The van der Waals surface area contributed by atoms with E-state index in [9.17, 15) is 10.2 Å². The molecule has 2 atom stereocenters. The summed E-state index contributed by atoms with van der Waals surface area (Å²) in [6, 6.07) is 19.4. The van der Waals surface area contributed by atoms with Crippen LogP contribution in [0.25, 0.3) is 10.8 Å². The van der Waals surface area contributed by atoms with Crippen LogP contribution in [0.5, 0.6) is 0 Å². The number of benzene rings is 3. The molecule has 2 nitrogen and oxygen atoms in total.